The van der Waals surface area contributed by atoms with Gasteiger partial charge in [-0.2, -0.15) is 0 Å². The number of nitrogens with zero attached hydrogens (tertiary/aromatic N) is 1. The summed E-state index contributed by atoms with van der Waals surface area (Å²) >= 11 is 0. The third-order valence-corrected chi connectivity index (χ3v) is 3.12. The number of Topliss-reactive ketones (excluding diaryl/α,β-unsaturated/α-hetero) is 1. The molecule has 0 amide bonds. The number of carbonyl (C=O) groups excluding carboxylic acids is 1. The zero-order valence-corrected chi connectivity index (χ0v) is 12.7. The number of hydrogen-bond donors (Lipinski definition) is 1. The lowest BCUT2D eigenvalue weighted by Crippen LogP contribution is -2.41. The number of likely N-dealkylation sites (N-methyl/N-ethyl adjacent to an activating group) is 1. The Hall–Kier alpha value is -1.19. The molecule has 0 aliphatic heterocycles. The minimum Gasteiger partial charge on any atom is -0.389 e. The molecule has 1 rings (SSSR count). The van der Waals surface area contributed by atoms with Crippen LogP contribution in [0.5, 0.6) is 0 Å². The first-order valence-corrected chi connectivity index (χ1v) is 6.78. The summed E-state index contributed by atoms with van der Waals surface area (Å²) in [6.45, 7) is 11.1. The number of rotatable bonds is 6. The molecule has 0 saturated heterocycles. The Kier molecular flexibility index (Phi) is 5.27. The second-order valence-corrected chi connectivity index (χ2v) is 5.86. The molecule has 0 spiro atoms. The number of aliphatic hydroxyl groups is 1. The van der Waals surface area contributed by atoms with Gasteiger partial charge in [0.05, 0.1) is 12.1 Å². The van der Waals surface area contributed by atoms with E-state index in [-0.39, 0.29) is 5.78 Å². The van der Waals surface area contributed by atoms with Gasteiger partial charge in [-0.1, -0.05) is 24.6 Å². The quantitative estimate of drug-likeness (QED) is 0.802. The Morgan fingerprint density at radius 3 is 2.47 bits per heavy atom. The standard InChI is InChI=1S/C16H25NO2/c1-6-17(11-16(4,5)19)10-15(18)14-9-12(2)7-8-13(14)3/h7-9,19H,6,10-11H2,1-5H3. The van der Waals surface area contributed by atoms with E-state index in [1.165, 1.54) is 0 Å². The van der Waals surface area contributed by atoms with Gasteiger partial charge in [-0.3, -0.25) is 9.69 Å². The van der Waals surface area contributed by atoms with Crippen molar-refractivity contribution in [1.82, 2.24) is 4.90 Å². The first-order chi connectivity index (χ1) is 8.73. The van der Waals surface area contributed by atoms with Crippen LogP contribution in [0.2, 0.25) is 0 Å². The van der Waals surface area contributed by atoms with Gasteiger partial charge in [0.15, 0.2) is 5.78 Å². The number of carbonyl (C=O) groups is 1. The average molecular weight is 263 g/mol. The maximum atomic E-state index is 12.3. The summed E-state index contributed by atoms with van der Waals surface area (Å²) in [5, 5.41) is 9.85. The number of aryl methyl sites for hydroxylation is 2. The van der Waals surface area contributed by atoms with Crippen molar-refractivity contribution in [2.75, 3.05) is 19.6 Å². The molecule has 3 nitrogen and oxygen atoms in total. The smallest absolute Gasteiger partial charge is 0.177 e. The fourth-order valence-corrected chi connectivity index (χ4v) is 2.15. The van der Waals surface area contributed by atoms with Crippen molar-refractivity contribution >= 4 is 5.78 Å². The van der Waals surface area contributed by atoms with Crippen LogP contribution in [0, 0.1) is 13.8 Å². The van der Waals surface area contributed by atoms with E-state index >= 15 is 0 Å². The van der Waals surface area contributed by atoms with Gasteiger partial charge in [0.1, 0.15) is 0 Å². The van der Waals surface area contributed by atoms with Crippen LogP contribution in [0.15, 0.2) is 18.2 Å². The number of hydrogen-bond acceptors (Lipinski definition) is 3. The van der Waals surface area contributed by atoms with Crippen LogP contribution < -0.4 is 0 Å². The Morgan fingerprint density at radius 1 is 1.32 bits per heavy atom. The van der Waals surface area contributed by atoms with Gasteiger partial charge in [0.2, 0.25) is 0 Å². The molecule has 1 aromatic carbocycles. The Balaban J connectivity index is 2.80. The molecule has 1 N–H and O–H groups in total. The van der Waals surface area contributed by atoms with E-state index in [0.29, 0.717) is 13.1 Å². The predicted octanol–water partition coefficient (Wildman–Crippen LogP) is 2.58. The number of ketones is 1. The third kappa shape index (κ3) is 5.13. The summed E-state index contributed by atoms with van der Waals surface area (Å²) in [6.07, 6.45) is 0. The highest BCUT2D eigenvalue weighted by Crippen LogP contribution is 2.13. The highest BCUT2D eigenvalue weighted by molar-refractivity contribution is 5.99. The van der Waals surface area contributed by atoms with Crippen molar-refractivity contribution in [2.24, 2.45) is 0 Å². The molecule has 0 saturated carbocycles. The van der Waals surface area contributed by atoms with Gasteiger partial charge >= 0.3 is 0 Å². The van der Waals surface area contributed by atoms with E-state index in [9.17, 15) is 9.90 Å². The molecule has 0 aliphatic rings. The van der Waals surface area contributed by atoms with Crippen LogP contribution in [0.3, 0.4) is 0 Å². The van der Waals surface area contributed by atoms with Crippen molar-refractivity contribution in [1.29, 1.82) is 0 Å². The van der Waals surface area contributed by atoms with Gasteiger partial charge in [-0.25, -0.2) is 0 Å². The molecule has 0 atom stereocenters. The summed E-state index contributed by atoms with van der Waals surface area (Å²) < 4.78 is 0. The summed E-state index contributed by atoms with van der Waals surface area (Å²) in [4.78, 5) is 14.3. The molecule has 1 aromatic rings. The normalized spacial score (nSPS) is 11.9. The molecule has 0 heterocycles. The Morgan fingerprint density at radius 2 is 1.95 bits per heavy atom. The lowest BCUT2D eigenvalue weighted by atomic mass is 10.0. The molecule has 0 aromatic heterocycles. The lowest BCUT2D eigenvalue weighted by molar-refractivity contribution is 0.0376. The molecule has 0 bridgehead atoms. The van der Waals surface area contributed by atoms with E-state index < -0.39 is 5.60 Å². The van der Waals surface area contributed by atoms with Gasteiger partial charge in [-0.15, -0.1) is 0 Å². The first-order valence-electron chi connectivity index (χ1n) is 6.78. The zero-order valence-electron chi connectivity index (χ0n) is 12.7. The van der Waals surface area contributed by atoms with Crippen LogP contribution >= 0.6 is 0 Å². The van der Waals surface area contributed by atoms with Crippen LogP contribution in [0.25, 0.3) is 0 Å². The predicted molar refractivity (Wildman–Crippen MR) is 78.7 cm³/mol. The summed E-state index contributed by atoms with van der Waals surface area (Å²) in [5.41, 5.74) is 2.11. The van der Waals surface area contributed by atoms with Crippen LogP contribution in [-0.4, -0.2) is 41.0 Å². The minimum atomic E-state index is -0.780. The molecule has 0 radical (unpaired) electrons. The topological polar surface area (TPSA) is 40.5 Å². The first kappa shape index (κ1) is 15.9. The largest absolute Gasteiger partial charge is 0.389 e. The monoisotopic (exact) mass is 263 g/mol. The van der Waals surface area contributed by atoms with Crippen LogP contribution in [-0.2, 0) is 0 Å². The van der Waals surface area contributed by atoms with Gasteiger partial charge in [0, 0.05) is 12.1 Å². The molecular formula is C16H25NO2. The highest BCUT2D eigenvalue weighted by atomic mass is 16.3. The molecule has 0 aliphatic carbocycles. The maximum Gasteiger partial charge on any atom is 0.177 e. The third-order valence-electron chi connectivity index (χ3n) is 3.12. The van der Waals surface area contributed by atoms with E-state index in [0.717, 1.165) is 23.2 Å². The summed E-state index contributed by atoms with van der Waals surface area (Å²) in [7, 11) is 0. The maximum absolute atomic E-state index is 12.3. The van der Waals surface area contributed by atoms with E-state index in [1.54, 1.807) is 13.8 Å². The molecule has 3 heteroatoms. The van der Waals surface area contributed by atoms with Crippen molar-refractivity contribution in [2.45, 2.75) is 40.2 Å². The van der Waals surface area contributed by atoms with Crippen LogP contribution in [0.4, 0.5) is 0 Å². The van der Waals surface area contributed by atoms with Gasteiger partial charge in [0.25, 0.3) is 0 Å². The van der Waals surface area contributed by atoms with E-state index in [2.05, 4.69) is 0 Å². The second kappa shape index (κ2) is 6.31. The Bertz CT molecular complexity index is 447. The van der Waals surface area contributed by atoms with Crippen molar-refractivity contribution in [3.05, 3.63) is 34.9 Å². The van der Waals surface area contributed by atoms with E-state index in [1.807, 2.05) is 43.9 Å². The average Bonchev–Trinajstić information content (AvgIpc) is 2.29. The second-order valence-electron chi connectivity index (χ2n) is 5.86. The SMILES string of the molecule is CCN(CC(=O)c1cc(C)ccc1C)CC(C)(C)O. The van der Waals surface area contributed by atoms with Crippen molar-refractivity contribution in [3.8, 4) is 0 Å². The summed E-state index contributed by atoms with van der Waals surface area (Å²) in [6, 6.07) is 5.94. The van der Waals surface area contributed by atoms with Crippen molar-refractivity contribution < 1.29 is 9.90 Å². The summed E-state index contributed by atoms with van der Waals surface area (Å²) in [5.74, 6) is 0.118. The molecule has 0 unspecified atom stereocenters. The number of benzene rings is 1. The minimum absolute atomic E-state index is 0.118. The molecule has 0 fully saturated rings. The molecule has 19 heavy (non-hydrogen) atoms. The Labute approximate surface area is 116 Å². The van der Waals surface area contributed by atoms with Gasteiger partial charge in [-0.05, 0) is 45.9 Å². The zero-order chi connectivity index (χ0) is 14.6. The highest BCUT2D eigenvalue weighted by Gasteiger charge is 2.20. The molecular weight excluding hydrogens is 238 g/mol. The van der Waals surface area contributed by atoms with E-state index in [4.69, 9.17) is 0 Å². The fourth-order valence-electron chi connectivity index (χ4n) is 2.15. The molecule has 106 valence electrons. The van der Waals surface area contributed by atoms with Crippen molar-refractivity contribution in [3.63, 3.8) is 0 Å². The lowest BCUT2D eigenvalue weighted by Gasteiger charge is -2.27. The van der Waals surface area contributed by atoms with Crippen LogP contribution in [0.1, 0.15) is 42.3 Å². The fraction of sp³-hybridized carbons (Fsp3) is 0.562. The van der Waals surface area contributed by atoms with Gasteiger partial charge < -0.3 is 5.11 Å².